The zero-order valence-corrected chi connectivity index (χ0v) is 11.8. The zero-order chi connectivity index (χ0) is 12.8. The van der Waals surface area contributed by atoms with Crippen molar-refractivity contribution in [3.05, 3.63) is 28.8 Å². The monoisotopic (exact) mass is 235 g/mol. The van der Waals surface area contributed by atoms with Gasteiger partial charge in [0.15, 0.2) is 0 Å². The van der Waals surface area contributed by atoms with Crippen LogP contribution in [-0.4, -0.2) is 19.7 Å². The first kappa shape index (κ1) is 14.0. The topological polar surface area (TPSA) is 21.3 Å². The van der Waals surface area contributed by atoms with Gasteiger partial charge in [0, 0.05) is 6.04 Å². The first-order valence-electron chi connectivity index (χ1n) is 6.49. The summed E-state index contributed by atoms with van der Waals surface area (Å²) in [5, 5.41) is 3.52. The maximum atomic E-state index is 5.53. The van der Waals surface area contributed by atoms with Crippen LogP contribution in [-0.2, 0) is 6.42 Å². The fourth-order valence-electron chi connectivity index (χ4n) is 2.40. The van der Waals surface area contributed by atoms with Crippen LogP contribution < -0.4 is 10.1 Å². The van der Waals surface area contributed by atoms with E-state index in [1.807, 2.05) is 0 Å². The molecule has 96 valence electrons. The van der Waals surface area contributed by atoms with Gasteiger partial charge in [0.25, 0.3) is 0 Å². The van der Waals surface area contributed by atoms with Gasteiger partial charge in [-0.2, -0.15) is 0 Å². The molecule has 0 saturated carbocycles. The van der Waals surface area contributed by atoms with Crippen LogP contribution in [0.15, 0.2) is 12.1 Å². The quantitative estimate of drug-likeness (QED) is 0.817. The molecule has 0 heterocycles. The summed E-state index contributed by atoms with van der Waals surface area (Å²) in [6.45, 7) is 9.66. The van der Waals surface area contributed by atoms with Crippen LogP contribution in [0.4, 0.5) is 0 Å². The Labute approximate surface area is 105 Å². The minimum atomic E-state index is 0.537. The maximum absolute atomic E-state index is 5.53. The smallest absolute Gasteiger partial charge is 0.125 e. The molecule has 0 amide bonds. The van der Waals surface area contributed by atoms with Crippen LogP contribution >= 0.6 is 0 Å². The molecule has 0 aliphatic rings. The Hall–Kier alpha value is -1.02. The summed E-state index contributed by atoms with van der Waals surface area (Å²) in [6, 6.07) is 4.96. The van der Waals surface area contributed by atoms with Crippen LogP contribution in [0.1, 0.15) is 37.0 Å². The van der Waals surface area contributed by atoms with Gasteiger partial charge in [-0.1, -0.05) is 31.5 Å². The highest BCUT2D eigenvalue weighted by atomic mass is 16.5. The Balaban J connectivity index is 2.95. The first-order valence-corrected chi connectivity index (χ1v) is 6.49. The van der Waals surface area contributed by atoms with E-state index in [4.69, 9.17) is 4.74 Å². The highest BCUT2D eigenvalue weighted by Gasteiger charge is 2.12. The number of likely N-dealkylation sites (N-methyl/N-ethyl adjacent to an activating group) is 1. The standard InChI is InChI=1S/C15H25NO/c1-6-14(16-7-2)10-13-9-11(3)8-12(4)15(13)17-5/h8-9,14,16H,6-7,10H2,1-5H3. The summed E-state index contributed by atoms with van der Waals surface area (Å²) in [6.07, 6.45) is 2.18. The number of benzene rings is 1. The predicted octanol–water partition coefficient (Wildman–Crippen LogP) is 3.24. The van der Waals surface area contributed by atoms with Crippen molar-refractivity contribution in [3.8, 4) is 5.75 Å². The minimum absolute atomic E-state index is 0.537. The van der Waals surface area contributed by atoms with Crippen molar-refractivity contribution < 1.29 is 4.74 Å². The number of methoxy groups -OCH3 is 1. The summed E-state index contributed by atoms with van der Waals surface area (Å²) in [5.41, 5.74) is 3.86. The van der Waals surface area contributed by atoms with Gasteiger partial charge < -0.3 is 10.1 Å². The largest absolute Gasteiger partial charge is 0.496 e. The molecule has 1 aromatic rings. The van der Waals surface area contributed by atoms with Crippen molar-refractivity contribution in [2.24, 2.45) is 0 Å². The molecule has 0 aromatic heterocycles. The lowest BCUT2D eigenvalue weighted by Gasteiger charge is -2.19. The number of hydrogen-bond acceptors (Lipinski definition) is 2. The Morgan fingerprint density at radius 2 is 1.94 bits per heavy atom. The van der Waals surface area contributed by atoms with Crippen LogP contribution in [0.2, 0.25) is 0 Å². The average molecular weight is 235 g/mol. The van der Waals surface area contributed by atoms with E-state index < -0.39 is 0 Å². The van der Waals surface area contributed by atoms with E-state index in [0.29, 0.717) is 6.04 Å². The van der Waals surface area contributed by atoms with Crippen molar-refractivity contribution in [1.82, 2.24) is 5.32 Å². The normalized spacial score (nSPS) is 12.5. The average Bonchev–Trinajstić information content (AvgIpc) is 2.28. The van der Waals surface area contributed by atoms with Crippen molar-refractivity contribution in [2.45, 2.75) is 46.6 Å². The lowest BCUT2D eigenvalue weighted by Crippen LogP contribution is -2.30. The Morgan fingerprint density at radius 3 is 2.47 bits per heavy atom. The molecular formula is C15H25NO. The number of ether oxygens (including phenoxy) is 1. The van der Waals surface area contributed by atoms with Gasteiger partial charge in [-0.3, -0.25) is 0 Å². The lowest BCUT2D eigenvalue weighted by molar-refractivity contribution is 0.401. The maximum Gasteiger partial charge on any atom is 0.125 e. The molecule has 0 saturated heterocycles. The molecule has 0 aliphatic heterocycles. The summed E-state index contributed by atoms with van der Waals surface area (Å²) in [4.78, 5) is 0. The number of aryl methyl sites for hydroxylation is 2. The van der Waals surface area contributed by atoms with Gasteiger partial charge in [0.1, 0.15) is 5.75 Å². The number of hydrogen-bond donors (Lipinski definition) is 1. The third-order valence-electron chi connectivity index (χ3n) is 3.15. The van der Waals surface area contributed by atoms with Crippen molar-refractivity contribution in [1.29, 1.82) is 0 Å². The van der Waals surface area contributed by atoms with Crippen LogP contribution in [0.5, 0.6) is 5.75 Å². The molecule has 0 bridgehead atoms. The van der Waals surface area contributed by atoms with Crippen molar-refractivity contribution >= 4 is 0 Å². The van der Waals surface area contributed by atoms with Gasteiger partial charge >= 0.3 is 0 Å². The first-order chi connectivity index (χ1) is 8.12. The molecule has 1 rings (SSSR count). The fourth-order valence-corrected chi connectivity index (χ4v) is 2.40. The van der Waals surface area contributed by atoms with Crippen molar-refractivity contribution in [2.75, 3.05) is 13.7 Å². The summed E-state index contributed by atoms with van der Waals surface area (Å²) in [7, 11) is 1.76. The SMILES string of the molecule is CCNC(CC)Cc1cc(C)cc(C)c1OC. The second-order valence-electron chi connectivity index (χ2n) is 4.64. The van der Waals surface area contributed by atoms with Gasteiger partial charge in [0.2, 0.25) is 0 Å². The number of rotatable bonds is 6. The lowest BCUT2D eigenvalue weighted by atomic mass is 9.98. The molecule has 1 unspecified atom stereocenters. The summed E-state index contributed by atoms with van der Waals surface area (Å²) < 4.78 is 5.53. The van der Waals surface area contributed by atoms with E-state index in [2.05, 4.69) is 45.1 Å². The molecule has 2 nitrogen and oxygen atoms in total. The second kappa shape index (κ2) is 6.65. The van der Waals surface area contributed by atoms with E-state index >= 15 is 0 Å². The highest BCUT2D eigenvalue weighted by Crippen LogP contribution is 2.26. The minimum Gasteiger partial charge on any atom is -0.496 e. The Bertz CT molecular complexity index is 360. The second-order valence-corrected chi connectivity index (χ2v) is 4.64. The van der Waals surface area contributed by atoms with E-state index in [1.54, 1.807) is 7.11 Å². The fraction of sp³-hybridized carbons (Fsp3) is 0.600. The van der Waals surface area contributed by atoms with Gasteiger partial charge in [-0.25, -0.2) is 0 Å². The third kappa shape index (κ3) is 3.74. The number of nitrogens with one attached hydrogen (secondary N) is 1. The highest BCUT2D eigenvalue weighted by molar-refractivity contribution is 5.44. The molecule has 2 heteroatoms. The van der Waals surface area contributed by atoms with E-state index in [1.165, 1.54) is 16.7 Å². The van der Waals surface area contributed by atoms with E-state index in [9.17, 15) is 0 Å². The molecule has 17 heavy (non-hydrogen) atoms. The van der Waals surface area contributed by atoms with Crippen molar-refractivity contribution in [3.63, 3.8) is 0 Å². The summed E-state index contributed by atoms with van der Waals surface area (Å²) >= 11 is 0. The molecule has 1 aromatic carbocycles. The molecule has 0 radical (unpaired) electrons. The van der Waals surface area contributed by atoms with E-state index in [-0.39, 0.29) is 0 Å². The third-order valence-corrected chi connectivity index (χ3v) is 3.15. The molecular weight excluding hydrogens is 210 g/mol. The van der Waals surface area contributed by atoms with Crippen LogP contribution in [0.3, 0.4) is 0 Å². The van der Waals surface area contributed by atoms with E-state index in [0.717, 1.165) is 25.1 Å². The molecule has 0 aliphatic carbocycles. The van der Waals surface area contributed by atoms with Crippen LogP contribution in [0.25, 0.3) is 0 Å². The summed E-state index contributed by atoms with van der Waals surface area (Å²) in [5.74, 6) is 1.05. The Morgan fingerprint density at radius 1 is 1.24 bits per heavy atom. The van der Waals surface area contributed by atoms with Gasteiger partial charge in [0.05, 0.1) is 7.11 Å². The molecule has 0 spiro atoms. The van der Waals surface area contributed by atoms with Crippen LogP contribution in [0, 0.1) is 13.8 Å². The Kier molecular flexibility index (Phi) is 5.49. The molecule has 1 N–H and O–H groups in total. The zero-order valence-electron chi connectivity index (χ0n) is 11.8. The molecule has 1 atom stereocenters. The van der Waals surface area contributed by atoms with Gasteiger partial charge in [-0.15, -0.1) is 0 Å². The predicted molar refractivity (Wildman–Crippen MR) is 73.9 cm³/mol. The van der Waals surface area contributed by atoms with Gasteiger partial charge in [-0.05, 0) is 44.4 Å². The molecule has 0 fully saturated rings.